The molecule has 1 aliphatic heterocycles. The lowest BCUT2D eigenvalue weighted by Crippen LogP contribution is -2.37. The molecule has 0 aromatic heterocycles. The lowest BCUT2D eigenvalue weighted by Gasteiger charge is -2.13. The Hall–Kier alpha value is -2.41. The van der Waals surface area contributed by atoms with E-state index in [4.69, 9.17) is 0 Å². The van der Waals surface area contributed by atoms with E-state index in [9.17, 15) is 18.8 Å². The maximum Gasteiger partial charge on any atom is 0.293 e. The number of thioether (sulfide) groups is 1. The predicted octanol–water partition coefficient (Wildman–Crippen LogP) is 3.33. The third-order valence-electron chi connectivity index (χ3n) is 4.26. The molecule has 1 saturated heterocycles. The molecule has 3 rings (SSSR count). The van der Waals surface area contributed by atoms with E-state index in [1.165, 1.54) is 12.1 Å². The van der Waals surface area contributed by atoms with Gasteiger partial charge in [0.1, 0.15) is 5.82 Å². The van der Waals surface area contributed by atoms with Crippen LogP contribution >= 0.6 is 11.8 Å². The van der Waals surface area contributed by atoms with E-state index in [0.29, 0.717) is 16.9 Å². The minimum atomic E-state index is -0.391. The molecule has 0 bridgehead atoms. The van der Waals surface area contributed by atoms with Crippen LogP contribution in [0.2, 0.25) is 0 Å². The molecular weight excluding hydrogens is 355 g/mol. The van der Waals surface area contributed by atoms with Crippen molar-refractivity contribution in [3.05, 3.63) is 52.7 Å². The molecule has 136 valence electrons. The number of nitrogens with zero attached hydrogens (tertiary/aromatic N) is 1. The number of hydrogen-bond donors (Lipinski definition) is 1. The number of nitrogens with one attached hydrogen (secondary N) is 1. The van der Waals surface area contributed by atoms with Crippen LogP contribution in [-0.2, 0) is 9.59 Å². The summed E-state index contributed by atoms with van der Waals surface area (Å²) in [5, 5.41) is 2.39. The Morgan fingerprint density at radius 3 is 2.77 bits per heavy atom. The largest absolute Gasteiger partial charge is 0.354 e. The van der Waals surface area contributed by atoms with Crippen LogP contribution in [0.4, 0.5) is 9.18 Å². The second-order valence-electron chi connectivity index (χ2n) is 6.20. The highest BCUT2D eigenvalue weighted by Crippen LogP contribution is 2.31. The summed E-state index contributed by atoms with van der Waals surface area (Å²) in [6.07, 6.45) is 8.13. The number of hydrogen-bond acceptors (Lipinski definition) is 4. The van der Waals surface area contributed by atoms with Crippen molar-refractivity contribution in [2.24, 2.45) is 5.92 Å². The Balaban J connectivity index is 1.51. The van der Waals surface area contributed by atoms with Crippen molar-refractivity contribution >= 4 is 34.9 Å². The van der Waals surface area contributed by atoms with Gasteiger partial charge >= 0.3 is 0 Å². The van der Waals surface area contributed by atoms with Crippen LogP contribution in [0, 0.1) is 11.7 Å². The van der Waals surface area contributed by atoms with Gasteiger partial charge < -0.3 is 5.32 Å². The van der Waals surface area contributed by atoms with Gasteiger partial charge in [0.05, 0.1) is 4.91 Å². The number of allylic oxidation sites excluding steroid dienone is 2. The zero-order chi connectivity index (χ0) is 18.5. The smallest absolute Gasteiger partial charge is 0.293 e. The maximum atomic E-state index is 12.9. The van der Waals surface area contributed by atoms with Crippen molar-refractivity contribution < 1.29 is 18.8 Å². The van der Waals surface area contributed by atoms with Crippen LogP contribution in [0.1, 0.15) is 24.8 Å². The molecule has 3 amide bonds. The van der Waals surface area contributed by atoms with Gasteiger partial charge in [0, 0.05) is 19.5 Å². The van der Waals surface area contributed by atoms with Gasteiger partial charge in [0.25, 0.3) is 11.1 Å². The standard InChI is InChI=1S/C19H19FN2O3S/c20-15-7-5-14(6-8-15)11-16-18(24)22(19(25)26-16)10-9-21-17(23)12-13-3-1-2-4-13/h1,3,5-8,11,13H,2,4,9-10,12H2,(H,21,23). The Morgan fingerprint density at radius 2 is 2.08 bits per heavy atom. The molecule has 0 saturated carbocycles. The fourth-order valence-electron chi connectivity index (χ4n) is 2.89. The Bertz CT molecular complexity index is 773. The van der Waals surface area contributed by atoms with Gasteiger partial charge in [-0.3, -0.25) is 19.3 Å². The van der Waals surface area contributed by atoms with E-state index >= 15 is 0 Å². The highest BCUT2D eigenvalue weighted by molar-refractivity contribution is 8.18. The molecule has 1 aromatic rings. The van der Waals surface area contributed by atoms with Gasteiger partial charge in [0.15, 0.2) is 0 Å². The average Bonchev–Trinajstić information content (AvgIpc) is 3.20. The number of amides is 3. The number of halogens is 1. The van der Waals surface area contributed by atoms with E-state index in [1.54, 1.807) is 18.2 Å². The van der Waals surface area contributed by atoms with Crippen molar-refractivity contribution in [2.75, 3.05) is 13.1 Å². The molecule has 7 heteroatoms. The summed E-state index contributed by atoms with van der Waals surface area (Å²) in [6.45, 7) is 0.370. The molecule has 1 atom stereocenters. The quantitative estimate of drug-likeness (QED) is 0.613. The van der Waals surface area contributed by atoms with E-state index in [0.717, 1.165) is 29.5 Å². The third-order valence-corrected chi connectivity index (χ3v) is 5.17. The Labute approximate surface area is 155 Å². The highest BCUT2D eigenvalue weighted by Gasteiger charge is 2.34. The van der Waals surface area contributed by atoms with Crippen LogP contribution in [0.15, 0.2) is 41.3 Å². The van der Waals surface area contributed by atoms with Gasteiger partial charge in [0.2, 0.25) is 5.91 Å². The van der Waals surface area contributed by atoms with Crippen LogP contribution in [-0.4, -0.2) is 35.0 Å². The lowest BCUT2D eigenvalue weighted by atomic mass is 10.1. The van der Waals surface area contributed by atoms with E-state index < -0.39 is 5.91 Å². The summed E-state index contributed by atoms with van der Waals surface area (Å²) in [5.74, 6) is -0.544. The molecule has 1 fully saturated rings. The summed E-state index contributed by atoms with van der Waals surface area (Å²) >= 11 is 0.849. The molecule has 1 aliphatic carbocycles. The van der Waals surface area contributed by atoms with E-state index in [-0.39, 0.29) is 36.0 Å². The molecule has 1 N–H and O–H groups in total. The zero-order valence-electron chi connectivity index (χ0n) is 14.1. The molecule has 1 aromatic carbocycles. The number of benzene rings is 1. The maximum absolute atomic E-state index is 12.9. The number of carbonyl (C=O) groups is 3. The van der Waals surface area contributed by atoms with Crippen molar-refractivity contribution in [3.8, 4) is 0 Å². The van der Waals surface area contributed by atoms with Crippen molar-refractivity contribution in [3.63, 3.8) is 0 Å². The molecule has 1 heterocycles. The molecule has 26 heavy (non-hydrogen) atoms. The lowest BCUT2D eigenvalue weighted by molar-refractivity contribution is -0.124. The molecule has 0 spiro atoms. The van der Waals surface area contributed by atoms with Crippen molar-refractivity contribution in [1.82, 2.24) is 10.2 Å². The summed E-state index contributed by atoms with van der Waals surface area (Å²) < 4.78 is 12.9. The minimum absolute atomic E-state index is 0.0737. The van der Waals surface area contributed by atoms with Crippen LogP contribution < -0.4 is 5.32 Å². The third kappa shape index (κ3) is 4.60. The number of rotatable bonds is 6. The van der Waals surface area contributed by atoms with Gasteiger partial charge in [-0.1, -0.05) is 24.3 Å². The number of imide groups is 1. The van der Waals surface area contributed by atoms with Gasteiger partial charge in [-0.25, -0.2) is 4.39 Å². The predicted molar refractivity (Wildman–Crippen MR) is 98.6 cm³/mol. The fraction of sp³-hybridized carbons (Fsp3) is 0.316. The van der Waals surface area contributed by atoms with Gasteiger partial charge in [-0.15, -0.1) is 0 Å². The zero-order valence-corrected chi connectivity index (χ0v) is 14.9. The van der Waals surface area contributed by atoms with E-state index in [2.05, 4.69) is 17.5 Å². The summed E-state index contributed by atoms with van der Waals surface area (Å²) in [6, 6.07) is 5.68. The molecule has 0 radical (unpaired) electrons. The van der Waals surface area contributed by atoms with Gasteiger partial charge in [-0.05, 0) is 54.3 Å². The monoisotopic (exact) mass is 374 g/mol. The van der Waals surface area contributed by atoms with Crippen LogP contribution in [0.25, 0.3) is 6.08 Å². The molecule has 5 nitrogen and oxygen atoms in total. The summed E-state index contributed by atoms with van der Waals surface area (Å²) in [5.41, 5.74) is 0.648. The van der Waals surface area contributed by atoms with Gasteiger partial charge in [-0.2, -0.15) is 0 Å². The second-order valence-corrected chi connectivity index (χ2v) is 7.20. The first-order valence-corrected chi connectivity index (χ1v) is 9.29. The topological polar surface area (TPSA) is 66.5 Å². The first-order chi connectivity index (χ1) is 12.5. The first-order valence-electron chi connectivity index (χ1n) is 8.47. The summed E-state index contributed by atoms with van der Waals surface area (Å²) in [7, 11) is 0. The van der Waals surface area contributed by atoms with Crippen molar-refractivity contribution in [2.45, 2.75) is 19.3 Å². The Morgan fingerprint density at radius 1 is 1.31 bits per heavy atom. The first kappa shape index (κ1) is 18.4. The summed E-state index contributed by atoms with van der Waals surface area (Å²) in [4.78, 5) is 37.7. The number of carbonyl (C=O) groups excluding carboxylic acids is 3. The average molecular weight is 374 g/mol. The second kappa shape index (κ2) is 8.31. The molecule has 2 aliphatic rings. The Kier molecular flexibility index (Phi) is 5.88. The van der Waals surface area contributed by atoms with Crippen molar-refractivity contribution in [1.29, 1.82) is 0 Å². The SMILES string of the molecule is O=C(CC1C=CCC1)NCCN1C(=O)SC(=Cc2ccc(F)cc2)C1=O. The van der Waals surface area contributed by atoms with E-state index in [1.807, 2.05) is 0 Å². The molecular formula is C19H19FN2O3S. The minimum Gasteiger partial charge on any atom is -0.354 e. The highest BCUT2D eigenvalue weighted by atomic mass is 32.2. The van der Waals surface area contributed by atoms with Crippen LogP contribution in [0.5, 0.6) is 0 Å². The molecule has 1 unspecified atom stereocenters. The normalized spacial score (nSPS) is 21.0. The fourth-order valence-corrected chi connectivity index (χ4v) is 3.75. The van der Waals surface area contributed by atoms with Crippen LogP contribution in [0.3, 0.4) is 0 Å².